The van der Waals surface area contributed by atoms with Gasteiger partial charge in [0.15, 0.2) is 17.3 Å². The van der Waals surface area contributed by atoms with Gasteiger partial charge in [0.2, 0.25) is 5.78 Å². The van der Waals surface area contributed by atoms with Crippen LogP contribution >= 0.6 is 11.6 Å². The zero-order valence-electron chi connectivity index (χ0n) is 16.5. The van der Waals surface area contributed by atoms with Crippen LogP contribution in [-0.4, -0.2) is 20.0 Å². The largest absolute Gasteiger partial charge is 0.493 e. The van der Waals surface area contributed by atoms with Crippen molar-refractivity contribution in [3.05, 3.63) is 88.1 Å². The van der Waals surface area contributed by atoms with Gasteiger partial charge in [0.25, 0.3) is 0 Å². The van der Waals surface area contributed by atoms with Crippen LogP contribution in [0.15, 0.2) is 66.4 Å². The van der Waals surface area contributed by atoms with Crippen LogP contribution in [0.4, 0.5) is 0 Å². The molecule has 0 radical (unpaired) electrons. The number of Topliss-reactive ketones (excluding diaryl/α,β-unsaturated/α-hetero) is 1. The van der Waals surface area contributed by atoms with E-state index in [1.807, 2.05) is 36.4 Å². The van der Waals surface area contributed by atoms with Gasteiger partial charge in [-0.15, -0.1) is 0 Å². The number of benzene rings is 3. The lowest BCUT2D eigenvalue weighted by atomic mass is 10.1. The van der Waals surface area contributed by atoms with E-state index in [0.29, 0.717) is 45.8 Å². The molecule has 0 unspecified atom stereocenters. The highest BCUT2D eigenvalue weighted by Crippen LogP contribution is 2.37. The fraction of sp³-hybridized carbons (Fsp3) is 0.125. The molecule has 1 aliphatic rings. The van der Waals surface area contributed by atoms with Gasteiger partial charge in [-0.05, 0) is 42.0 Å². The number of methoxy groups -OCH3 is 2. The molecule has 6 heteroatoms. The molecule has 0 bridgehead atoms. The minimum atomic E-state index is -0.198. The van der Waals surface area contributed by atoms with Crippen LogP contribution < -0.4 is 18.9 Å². The van der Waals surface area contributed by atoms with Gasteiger partial charge in [-0.1, -0.05) is 35.9 Å². The molecule has 0 aliphatic carbocycles. The highest BCUT2D eigenvalue weighted by Gasteiger charge is 2.28. The SMILES string of the molecule is COc1cccc(C=C2Oc3cc(OCc4cccc(Cl)c4)ccc3C2=O)c1OC. The van der Waals surface area contributed by atoms with E-state index in [4.69, 9.17) is 30.5 Å². The van der Waals surface area contributed by atoms with Gasteiger partial charge in [-0.3, -0.25) is 4.79 Å². The van der Waals surface area contributed by atoms with Crippen LogP contribution in [0, 0.1) is 0 Å². The van der Waals surface area contributed by atoms with Gasteiger partial charge >= 0.3 is 0 Å². The van der Waals surface area contributed by atoms with Crippen molar-refractivity contribution in [2.24, 2.45) is 0 Å². The van der Waals surface area contributed by atoms with E-state index >= 15 is 0 Å². The normalized spacial score (nSPS) is 13.7. The minimum absolute atomic E-state index is 0.198. The summed E-state index contributed by atoms with van der Waals surface area (Å²) in [5, 5.41) is 0.654. The predicted molar refractivity (Wildman–Crippen MR) is 115 cm³/mol. The molecular formula is C24H19ClO5. The molecule has 0 saturated carbocycles. The Hall–Kier alpha value is -3.44. The second-order valence-corrected chi connectivity index (χ2v) is 7.04. The van der Waals surface area contributed by atoms with Crippen LogP contribution in [0.3, 0.4) is 0 Å². The fourth-order valence-corrected chi connectivity index (χ4v) is 3.43. The first kappa shape index (κ1) is 19.9. The second-order valence-electron chi connectivity index (χ2n) is 6.60. The first-order chi connectivity index (χ1) is 14.6. The Balaban J connectivity index is 1.55. The molecule has 0 N–H and O–H groups in total. The third-order valence-corrected chi connectivity index (χ3v) is 4.89. The maximum atomic E-state index is 12.8. The fourth-order valence-electron chi connectivity index (χ4n) is 3.22. The van der Waals surface area contributed by atoms with E-state index in [1.165, 1.54) is 0 Å². The molecule has 0 atom stereocenters. The number of carbonyl (C=O) groups is 1. The third-order valence-electron chi connectivity index (χ3n) is 4.66. The van der Waals surface area contributed by atoms with Crippen molar-refractivity contribution >= 4 is 23.5 Å². The summed E-state index contributed by atoms with van der Waals surface area (Å²) in [6, 6.07) is 18.1. The number of rotatable bonds is 6. The van der Waals surface area contributed by atoms with Crippen molar-refractivity contribution in [3.8, 4) is 23.0 Å². The number of hydrogen-bond donors (Lipinski definition) is 0. The number of allylic oxidation sites excluding steroid dienone is 1. The van der Waals surface area contributed by atoms with Crippen LogP contribution in [0.25, 0.3) is 6.08 Å². The van der Waals surface area contributed by atoms with E-state index in [0.717, 1.165) is 5.56 Å². The maximum absolute atomic E-state index is 12.8. The summed E-state index contributed by atoms with van der Waals surface area (Å²) >= 11 is 6.01. The number of ketones is 1. The van der Waals surface area contributed by atoms with Crippen molar-refractivity contribution < 1.29 is 23.7 Å². The molecule has 4 rings (SSSR count). The Labute approximate surface area is 179 Å². The van der Waals surface area contributed by atoms with Crippen molar-refractivity contribution in [3.63, 3.8) is 0 Å². The van der Waals surface area contributed by atoms with E-state index in [1.54, 1.807) is 44.6 Å². The Kier molecular flexibility index (Phi) is 5.63. The van der Waals surface area contributed by atoms with Crippen molar-refractivity contribution in [2.45, 2.75) is 6.61 Å². The Morgan fingerprint density at radius 3 is 2.60 bits per heavy atom. The third kappa shape index (κ3) is 3.98. The van der Waals surface area contributed by atoms with Crippen LogP contribution in [0.2, 0.25) is 5.02 Å². The molecule has 0 aromatic heterocycles. The summed E-state index contributed by atoms with van der Waals surface area (Å²) in [6.45, 7) is 0.358. The average molecular weight is 423 g/mol. The molecule has 0 spiro atoms. The number of carbonyl (C=O) groups excluding carboxylic acids is 1. The molecule has 152 valence electrons. The lowest BCUT2D eigenvalue weighted by molar-refractivity contribution is 0.101. The number of halogens is 1. The standard InChI is InChI=1S/C24H19ClO5/c1-27-20-8-4-6-16(24(20)28-2)12-22-23(26)19-10-9-18(13-21(19)30-22)29-14-15-5-3-7-17(25)11-15/h3-13H,14H2,1-2H3. The average Bonchev–Trinajstić information content (AvgIpc) is 3.06. The predicted octanol–water partition coefficient (Wildman–Crippen LogP) is 5.55. The summed E-state index contributed by atoms with van der Waals surface area (Å²) in [7, 11) is 3.11. The maximum Gasteiger partial charge on any atom is 0.231 e. The van der Waals surface area contributed by atoms with Gasteiger partial charge < -0.3 is 18.9 Å². The van der Waals surface area contributed by atoms with Crippen molar-refractivity contribution in [1.82, 2.24) is 0 Å². The number of ether oxygens (including phenoxy) is 4. The molecule has 0 saturated heterocycles. The van der Waals surface area contributed by atoms with Gasteiger partial charge in [0.05, 0.1) is 19.8 Å². The number of para-hydroxylation sites is 1. The summed E-state index contributed by atoms with van der Waals surface area (Å²) < 4.78 is 22.4. The molecule has 1 heterocycles. The van der Waals surface area contributed by atoms with Gasteiger partial charge in [-0.2, -0.15) is 0 Å². The Morgan fingerprint density at radius 1 is 1.00 bits per heavy atom. The Bertz CT molecular complexity index is 1140. The number of fused-ring (bicyclic) bond motifs is 1. The molecule has 30 heavy (non-hydrogen) atoms. The monoisotopic (exact) mass is 422 g/mol. The zero-order valence-corrected chi connectivity index (χ0v) is 17.2. The first-order valence-electron chi connectivity index (χ1n) is 9.25. The number of hydrogen-bond acceptors (Lipinski definition) is 5. The summed E-state index contributed by atoms with van der Waals surface area (Å²) in [5.41, 5.74) is 2.12. The van der Waals surface area contributed by atoms with E-state index in [-0.39, 0.29) is 11.5 Å². The van der Waals surface area contributed by atoms with E-state index in [2.05, 4.69) is 0 Å². The molecule has 3 aromatic carbocycles. The van der Waals surface area contributed by atoms with Gasteiger partial charge in [0.1, 0.15) is 18.1 Å². The lowest BCUT2D eigenvalue weighted by Gasteiger charge is -2.10. The zero-order chi connectivity index (χ0) is 21.1. The summed E-state index contributed by atoms with van der Waals surface area (Å²) in [6.07, 6.45) is 1.65. The highest BCUT2D eigenvalue weighted by molar-refractivity contribution is 6.30. The molecule has 1 aliphatic heterocycles. The lowest BCUT2D eigenvalue weighted by Crippen LogP contribution is -1.99. The first-order valence-corrected chi connectivity index (χ1v) is 9.63. The van der Waals surface area contributed by atoms with E-state index in [9.17, 15) is 4.79 Å². The molecule has 0 amide bonds. The van der Waals surface area contributed by atoms with Crippen LogP contribution in [0.5, 0.6) is 23.0 Å². The van der Waals surface area contributed by atoms with Crippen molar-refractivity contribution in [1.29, 1.82) is 0 Å². The quantitative estimate of drug-likeness (QED) is 0.487. The molecule has 3 aromatic rings. The molecular weight excluding hydrogens is 404 g/mol. The molecule has 5 nitrogen and oxygen atoms in total. The van der Waals surface area contributed by atoms with E-state index < -0.39 is 0 Å². The molecule has 0 fully saturated rings. The van der Waals surface area contributed by atoms with Crippen LogP contribution in [-0.2, 0) is 6.61 Å². The summed E-state index contributed by atoms with van der Waals surface area (Å²) in [4.78, 5) is 12.8. The Morgan fingerprint density at radius 2 is 1.83 bits per heavy atom. The highest BCUT2D eigenvalue weighted by atomic mass is 35.5. The van der Waals surface area contributed by atoms with Gasteiger partial charge in [-0.25, -0.2) is 0 Å². The summed E-state index contributed by atoms with van der Waals surface area (Å²) in [5.74, 6) is 2.18. The topological polar surface area (TPSA) is 54.0 Å². The smallest absolute Gasteiger partial charge is 0.231 e. The minimum Gasteiger partial charge on any atom is -0.493 e. The van der Waals surface area contributed by atoms with Crippen molar-refractivity contribution in [2.75, 3.05) is 14.2 Å². The van der Waals surface area contributed by atoms with Crippen LogP contribution in [0.1, 0.15) is 21.5 Å². The second kappa shape index (κ2) is 8.51. The van der Waals surface area contributed by atoms with Gasteiger partial charge in [0, 0.05) is 16.7 Å².